The molecule has 0 spiro atoms. The van der Waals surface area contributed by atoms with Crippen molar-refractivity contribution in [2.45, 2.75) is 35.5 Å². The fraction of sp³-hybridized carbons (Fsp3) is 0.273. The van der Waals surface area contributed by atoms with Crippen molar-refractivity contribution in [1.82, 2.24) is 14.5 Å². The van der Waals surface area contributed by atoms with Gasteiger partial charge in [0.1, 0.15) is 37.4 Å². The summed E-state index contributed by atoms with van der Waals surface area (Å²) >= 11 is 5.79. The van der Waals surface area contributed by atoms with Crippen molar-refractivity contribution in [2.24, 2.45) is 0 Å². The summed E-state index contributed by atoms with van der Waals surface area (Å²) in [6, 6.07) is 8.95. The average molecular weight is 533 g/mol. The third-order valence-corrected chi connectivity index (χ3v) is 8.46. The Morgan fingerprint density at radius 1 is 1.13 bits per heavy atom. The fourth-order valence-electron chi connectivity index (χ4n) is 5.19. The molecule has 38 heavy (non-hydrogen) atoms. The molecule has 0 bridgehead atoms. The number of amides is 4. The van der Waals surface area contributed by atoms with Crippen LogP contribution in [0.15, 0.2) is 42.5 Å². The van der Waals surface area contributed by atoms with Gasteiger partial charge in [0.05, 0.1) is 0 Å². The molecular formula is C22H24B6ClF2N3O4. The molecule has 3 unspecified atom stereocenters. The number of carbonyl (C=O) groups excluding carboxylic acids is 4. The van der Waals surface area contributed by atoms with Crippen molar-refractivity contribution in [3.8, 4) is 0 Å². The van der Waals surface area contributed by atoms with Crippen LogP contribution in [0, 0.1) is 0 Å². The second-order valence-corrected chi connectivity index (χ2v) is 11.1. The zero-order chi connectivity index (χ0) is 28.3. The lowest BCUT2D eigenvalue weighted by Gasteiger charge is -2.47. The molecule has 2 aromatic rings. The molecule has 2 heterocycles. The van der Waals surface area contributed by atoms with E-state index in [1.165, 1.54) is 33.0 Å². The van der Waals surface area contributed by atoms with E-state index in [0.717, 1.165) is 21.8 Å². The third-order valence-electron chi connectivity index (χ3n) is 8.21. The zero-order valence-corrected chi connectivity index (χ0v) is 22.8. The molecule has 0 N–H and O–H groups in total. The lowest BCUT2D eigenvalue weighted by molar-refractivity contribution is -0.154. The number of hydrogen-bond donors (Lipinski definition) is 0. The predicted octanol–water partition coefficient (Wildman–Crippen LogP) is -2.81. The summed E-state index contributed by atoms with van der Waals surface area (Å²) in [5.41, 5.74) is 1.14. The Bertz CT molecular complexity index is 1350. The second kappa shape index (κ2) is 9.67. The van der Waals surface area contributed by atoms with Gasteiger partial charge in [-0.2, -0.15) is 8.78 Å². The molecule has 2 aliphatic heterocycles. The minimum Gasteiger partial charge on any atom is -0.389 e. The summed E-state index contributed by atoms with van der Waals surface area (Å²) in [6.07, 6.45) is 0. The number of piperidine rings is 1. The van der Waals surface area contributed by atoms with Crippen LogP contribution in [-0.2, 0) is 26.9 Å². The van der Waals surface area contributed by atoms with Gasteiger partial charge < -0.3 is 14.5 Å². The summed E-state index contributed by atoms with van der Waals surface area (Å²) < 4.78 is 30.0. The molecule has 2 aromatic carbocycles. The molecule has 3 atom stereocenters. The van der Waals surface area contributed by atoms with Crippen LogP contribution in [0.3, 0.4) is 0 Å². The Morgan fingerprint density at radius 2 is 1.74 bits per heavy atom. The zero-order valence-electron chi connectivity index (χ0n) is 22.1. The quantitative estimate of drug-likeness (QED) is 0.308. The fourth-order valence-corrected chi connectivity index (χ4v) is 5.31. The minimum atomic E-state index is -3.76. The van der Waals surface area contributed by atoms with Gasteiger partial charge in [-0.25, -0.2) is 0 Å². The first-order valence-electron chi connectivity index (χ1n) is 12.3. The van der Waals surface area contributed by atoms with Crippen molar-refractivity contribution in [1.29, 1.82) is 0 Å². The van der Waals surface area contributed by atoms with Crippen molar-refractivity contribution >= 4 is 82.6 Å². The predicted molar refractivity (Wildman–Crippen MR) is 155 cm³/mol. The molecule has 2 aliphatic rings. The van der Waals surface area contributed by atoms with Gasteiger partial charge in [-0.1, -0.05) is 35.9 Å². The first-order valence-corrected chi connectivity index (χ1v) is 12.6. The highest BCUT2D eigenvalue weighted by molar-refractivity contribution is 6.57. The van der Waals surface area contributed by atoms with E-state index in [2.05, 4.69) is 0 Å². The highest BCUT2D eigenvalue weighted by Crippen LogP contribution is 2.44. The lowest BCUT2D eigenvalue weighted by atomic mass is 9.40. The molecule has 7 nitrogen and oxygen atoms in total. The molecule has 0 saturated carbocycles. The Labute approximate surface area is 230 Å². The summed E-state index contributed by atoms with van der Waals surface area (Å²) in [6.45, 7) is 0.131. The molecule has 190 valence electrons. The number of benzene rings is 2. The van der Waals surface area contributed by atoms with Crippen molar-refractivity contribution < 1.29 is 28.0 Å². The van der Waals surface area contributed by atoms with Gasteiger partial charge in [0.2, 0.25) is 27.8 Å². The van der Waals surface area contributed by atoms with Crippen LogP contribution in [0.25, 0.3) is 0 Å². The van der Waals surface area contributed by atoms with E-state index in [1.807, 2.05) is 0 Å². The Hall–Kier alpha value is -2.94. The summed E-state index contributed by atoms with van der Waals surface area (Å²) in [4.78, 5) is 55.4. The highest BCUT2D eigenvalue weighted by Gasteiger charge is 2.53. The first kappa shape index (κ1) is 28.1. The molecule has 4 rings (SSSR count). The van der Waals surface area contributed by atoms with Gasteiger partial charge in [-0.15, -0.1) is 0 Å². The number of hydrogen-bond acceptors (Lipinski definition) is 4. The van der Waals surface area contributed by atoms with Gasteiger partial charge in [0, 0.05) is 28.6 Å². The van der Waals surface area contributed by atoms with Gasteiger partial charge in [0.15, 0.2) is 0 Å². The molecule has 1 saturated heterocycles. The van der Waals surface area contributed by atoms with E-state index in [-0.39, 0.29) is 23.4 Å². The number of alkyl halides is 2. The average Bonchev–Trinajstić information content (AvgIpc) is 3.20. The van der Waals surface area contributed by atoms with Gasteiger partial charge in [0.25, 0.3) is 11.8 Å². The van der Waals surface area contributed by atoms with Crippen molar-refractivity contribution in [3.63, 3.8) is 0 Å². The van der Waals surface area contributed by atoms with Crippen LogP contribution in [0.4, 0.5) is 8.78 Å². The maximum absolute atomic E-state index is 15.0. The molecule has 0 radical (unpaired) electrons. The molecule has 0 aromatic heterocycles. The maximum atomic E-state index is 15.0. The number of fused-ring (bicyclic) bond motifs is 1. The van der Waals surface area contributed by atoms with Gasteiger partial charge >= 0.3 is 5.92 Å². The largest absolute Gasteiger partial charge is 0.389 e. The van der Waals surface area contributed by atoms with E-state index in [0.29, 0.717) is 16.7 Å². The van der Waals surface area contributed by atoms with Crippen LogP contribution in [0.1, 0.15) is 33.0 Å². The SMILES string of the molecule is BC(c1ccc2c(c1)CN(C1C(=O)N(B)C(=O)C(B)(B)C1B)C2=O)N(B)C(=O)C(F)(F)c1ccc(Cl)cc1. The smallest absolute Gasteiger partial charge is 0.348 e. The van der Waals surface area contributed by atoms with Crippen LogP contribution < -0.4 is 0 Å². The highest BCUT2D eigenvalue weighted by atomic mass is 35.5. The van der Waals surface area contributed by atoms with Crippen molar-refractivity contribution in [3.05, 3.63) is 69.7 Å². The molecule has 1 fully saturated rings. The maximum Gasteiger partial charge on any atom is 0.348 e. The number of imide groups is 1. The van der Waals surface area contributed by atoms with Crippen LogP contribution >= 0.6 is 11.6 Å². The Morgan fingerprint density at radius 3 is 2.34 bits per heavy atom. The summed E-state index contributed by atoms with van der Waals surface area (Å²) in [5, 5.41) is -0.563. The van der Waals surface area contributed by atoms with E-state index < -0.39 is 46.3 Å². The topological polar surface area (TPSA) is 78.0 Å². The molecule has 16 heteroatoms. The second-order valence-electron chi connectivity index (χ2n) is 10.7. The van der Waals surface area contributed by atoms with E-state index >= 15 is 0 Å². The van der Waals surface area contributed by atoms with Crippen LogP contribution in [-0.4, -0.2) is 91.5 Å². The van der Waals surface area contributed by atoms with E-state index in [4.69, 9.17) is 11.6 Å². The van der Waals surface area contributed by atoms with Crippen LogP contribution in [0.2, 0.25) is 16.1 Å². The molecule has 0 aliphatic carbocycles. The Kier molecular flexibility index (Phi) is 7.14. The lowest BCUT2D eigenvalue weighted by Crippen LogP contribution is -2.62. The van der Waals surface area contributed by atoms with E-state index in [1.54, 1.807) is 49.6 Å². The van der Waals surface area contributed by atoms with E-state index in [9.17, 15) is 28.0 Å². The molecular weight excluding hydrogens is 509 g/mol. The van der Waals surface area contributed by atoms with Gasteiger partial charge in [-0.05, 0) is 40.4 Å². The van der Waals surface area contributed by atoms with Gasteiger partial charge in [-0.3, -0.25) is 19.2 Å². The molecule has 4 amide bonds. The summed E-state index contributed by atoms with van der Waals surface area (Å²) in [5.74, 6) is -7.35. The third kappa shape index (κ3) is 4.38. The monoisotopic (exact) mass is 533 g/mol. The summed E-state index contributed by atoms with van der Waals surface area (Å²) in [7, 11) is 9.66. The Balaban J connectivity index is 1.58. The number of carbonyl (C=O) groups is 4. The normalized spacial score (nSPS) is 21.8. The minimum absolute atomic E-state index is 0.131. The van der Waals surface area contributed by atoms with Crippen LogP contribution in [0.5, 0.6) is 0 Å². The first-order chi connectivity index (χ1) is 17.6. The number of halogens is 3. The number of rotatable bonds is 5. The standard InChI is InChI=1S/C22H24B6ClF2N3O4/c23-15-14(18(36)34(28)19(37)21(15,25)26)32-8-10-7-9(1-6-13(10)17(32)35)16(24)33(27)20(38)22(30,31)11-2-4-12(29)5-3-11/h1-7,14-16H,8,23-28H2. The number of nitrogens with zero attached hydrogens (tertiary/aromatic N) is 3. The van der Waals surface area contributed by atoms with Crippen molar-refractivity contribution in [2.75, 3.05) is 0 Å².